The van der Waals surface area contributed by atoms with Crippen LogP contribution in [0.4, 0.5) is 4.39 Å². The average Bonchev–Trinajstić information content (AvgIpc) is 3.41. The van der Waals surface area contributed by atoms with Crippen LogP contribution in [0.2, 0.25) is 0 Å². The van der Waals surface area contributed by atoms with Gasteiger partial charge >= 0.3 is 0 Å². The van der Waals surface area contributed by atoms with Crippen LogP contribution in [0.25, 0.3) is 33.1 Å². The van der Waals surface area contributed by atoms with E-state index in [1.54, 1.807) is 13.8 Å². The van der Waals surface area contributed by atoms with Gasteiger partial charge in [0.15, 0.2) is 0 Å². The Labute approximate surface area is 221 Å². The molecule has 2 aromatic carbocycles. The van der Waals surface area contributed by atoms with Gasteiger partial charge in [-0.15, -0.1) is 0 Å². The normalized spacial score (nSPS) is 15.9. The molecule has 6 rings (SSSR count). The summed E-state index contributed by atoms with van der Waals surface area (Å²) in [5, 5.41) is 16.0. The van der Waals surface area contributed by atoms with Gasteiger partial charge in [-0.1, -0.05) is 29.4 Å². The second kappa shape index (κ2) is 9.33. The number of nitrogens with zero attached hydrogens (tertiary/aromatic N) is 3. The summed E-state index contributed by atoms with van der Waals surface area (Å²) in [6, 6.07) is 15.0. The molecule has 6 nitrogen and oxygen atoms in total. The Kier molecular flexibility index (Phi) is 6.08. The first-order valence-electron chi connectivity index (χ1n) is 13.2. The van der Waals surface area contributed by atoms with Gasteiger partial charge in [0.1, 0.15) is 11.6 Å². The molecule has 1 atom stereocenters. The molecule has 0 spiro atoms. The minimum Gasteiger partial charge on any atom is -0.386 e. The Morgan fingerprint density at radius 3 is 2.42 bits per heavy atom. The van der Waals surface area contributed by atoms with Crippen molar-refractivity contribution in [1.29, 1.82) is 0 Å². The molecule has 7 heteroatoms. The number of benzene rings is 2. The van der Waals surface area contributed by atoms with E-state index in [1.165, 1.54) is 12.1 Å². The predicted octanol–water partition coefficient (Wildman–Crippen LogP) is 6.84. The molecule has 1 aliphatic heterocycles. The molecule has 5 aromatic rings. The van der Waals surface area contributed by atoms with Crippen molar-refractivity contribution in [1.82, 2.24) is 14.7 Å². The van der Waals surface area contributed by atoms with Gasteiger partial charge in [-0.25, -0.2) is 4.39 Å². The summed E-state index contributed by atoms with van der Waals surface area (Å²) in [4.78, 5) is 4.96. The van der Waals surface area contributed by atoms with Crippen molar-refractivity contribution in [3.05, 3.63) is 83.1 Å². The number of fused-ring (bicyclic) bond motifs is 3. The van der Waals surface area contributed by atoms with E-state index in [4.69, 9.17) is 14.2 Å². The van der Waals surface area contributed by atoms with Crippen molar-refractivity contribution in [3.63, 3.8) is 0 Å². The van der Waals surface area contributed by atoms with E-state index in [-0.39, 0.29) is 17.8 Å². The van der Waals surface area contributed by atoms with E-state index in [0.29, 0.717) is 13.2 Å². The molecule has 1 aliphatic rings. The first kappa shape index (κ1) is 24.8. The number of aliphatic hydroxyl groups is 1. The summed E-state index contributed by atoms with van der Waals surface area (Å²) in [5.74, 6) is 0.769. The van der Waals surface area contributed by atoms with Crippen LogP contribution < -0.4 is 0 Å². The van der Waals surface area contributed by atoms with Crippen LogP contribution in [0.1, 0.15) is 55.3 Å². The van der Waals surface area contributed by atoms with Crippen LogP contribution in [-0.2, 0) is 10.3 Å². The maximum Gasteiger partial charge on any atom is 0.141 e. The smallest absolute Gasteiger partial charge is 0.141 e. The van der Waals surface area contributed by atoms with Gasteiger partial charge in [0.25, 0.3) is 0 Å². The molecule has 0 aliphatic carbocycles. The molecule has 0 saturated carbocycles. The first-order chi connectivity index (χ1) is 18.2. The number of ether oxygens (including phenoxy) is 1. The number of aryl methyl sites for hydroxylation is 2. The fourth-order valence-electron chi connectivity index (χ4n) is 5.94. The number of hydrogen-bond donors (Lipinski definition) is 1. The average molecular weight is 514 g/mol. The lowest BCUT2D eigenvalue weighted by Crippen LogP contribution is -2.27. The van der Waals surface area contributed by atoms with Gasteiger partial charge in [0, 0.05) is 35.9 Å². The first-order valence-corrected chi connectivity index (χ1v) is 13.2. The fourth-order valence-corrected chi connectivity index (χ4v) is 5.94. The second-order valence-corrected chi connectivity index (χ2v) is 10.9. The summed E-state index contributed by atoms with van der Waals surface area (Å²) >= 11 is 0. The molecule has 1 N–H and O–H groups in total. The zero-order valence-electron chi connectivity index (χ0n) is 22.2. The third-order valence-electron chi connectivity index (χ3n) is 7.87. The SMILES string of the molecule is Cc1noc(C)c1-c1cnc2c3ccc(C(C)(C)O)cc3n(C(c3ccc(F)cc3)C3CCOCC3)c2c1. The topological polar surface area (TPSA) is 73.3 Å². The van der Waals surface area contributed by atoms with E-state index in [0.717, 1.165) is 68.5 Å². The van der Waals surface area contributed by atoms with Crippen molar-refractivity contribution in [2.75, 3.05) is 13.2 Å². The van der Waals surface area contributed by atoms with E-state index in [2.05, 4.69) is 27.9 Å². The number of rotatable bonds is 5. The molecule has 1 saturated heterocycles. The molecule has 38 heavy (non-hydrogen) atoms. The zero-order chi connectivity index (χ0) is 26.6. The Balaban J connectivity index is 1.69. The van der Waals surface area contributed by atoms with E-state index in [9.17, 15) is 9.50 Å². The van der Waals surface area contributed by atoms with E-state index in [1.807, 2.05) is 38.2 Å². The summed E-state index contributed by atoms with van der Waals surface area (Å²) in [7, 11) is 0. The van der Waals surface area contributed by atoms with Crippen molar-refractivity contribution >= 4 is 21.9 Å². The van der Waals surface area contributed by atoms with Crippen molar-refractivity contribution in [2.24, 2.45) is 5.92 Å². The molecule has 0 radical (unpaired) electrons. The van der Waals surface area contributed by atoms with Gasteiger partial charge in [-0.2, -0.15) is 0 Å². The maximum atomic E-state index is 14.0. The molecule has 1 fully saturated rings. The Hall–Kier alpha value is -3.55. The highest BCUT2D eigenvalue weighted by Crippen LogP contribution is 2.42. The van der Waals surface area contributed by atoms with Gasteiger partial charge in [0.05, 0.1) is 33.9 Å². The molecule has 196 valence electrons. The Bertz CT molecular complexity index is 1600. The third-order valence-corrected chi connectivity index (χ3v) is 7.87. The maximum absolute atomic E-state index is 14.0. The second-order valence-electron chi connectivity index (χ2n) is 10.9. The highest BCUT2D eigenvalue weighted by molar-refractivity contribution is 6.07. The van der Waals surface area contributed by atoms with Crippen LogP contribution in [0, 0.1) is 25.6 Å². The lowest BCUT2D eigenvalue weighted by molar-refractivity contribution is 0.0552. The van der Waals surface area contributed by atoms with Gasteiger partial charge in [-0.05, 0) is 81.8 Å². The Morgan fingerprint density at radius 2 is 1.76 bits per heavy atom. The van der Waals surface area contributed by atoms with Crippen LogP contribution in [0.15, 0.2) is 59.3 Å². The number of aromatic nitrogens is 3. The monoisotopic (exact) mass is 513 g/mol. The van der Waals surface area contributed by atoms with Crippen LogP contribution in [0.3, 0.4) is 0 Å². The third kappa shape index (κ3) is 4.20. The molecule has 4 heterocycles. The molecular formula is C31H32FN3O3. The van der Waals surface area contributed by atoms with Gasteiger partial charge < -0.3 is 18.9 Å². The highest BCUT2D eigenvalue weighted by atomic mass is 19.1. The van der Waals surface area contributed by atoms with E-state index < -0.39 is 5.60 Å². The largest absolute Gasteiger partial charge is 0.386 e. The predicted molar refractivity (Wildman–Crippen MR) is 146 cm³/mol. The number of pyridine rings is 1. The van der Waals surface area contributed by atoms with Crippen LogP contribution >= 0.6 is 0 Å². The molecule has 0 amide bonds. The van der Waals surface area contributed by atoms with Crippen molar-refractivity contribution in [2.45, 2.75) is 52.2 Å². The standard InChI is InChI=1S/C31H32FN3O3/c1-18-28(19(2)38-34-18)22-15-27-29(33-17-22)25-10-7-23(31(3,4)36)16-26(25)35(27)30(21-11-13-37-14-12-21)20-5-8-24(32)9-6-20/h5-10,15-17,21,30,36H,11-14H2,1-4H3. The van der Waals surface area contributed by atoms with Crippen molar-refractivity contribution in [3.8, 4) is 11.1 Å². The number of hydrogen-bond acceptors (Lipinski definition) is 5. The molecule has 3 aromatic heterocycles. The Morgan fingerprint density at radius 1 is 1.03 bits per heavy atom. The lowest BCUT2D eigenvalue weighted by atomic mass is 9.86. The summed E-state index contributed by atoms with van der Waals surface area (Å²) in [6.07, 6.45) is 3.67. The highest BCUT2D eigenvalue weighted by Gasteiger charge is 2.31. The quantitative estimate of drug-likeness (QED) is 0.278. The summed E-state index contributed by atoms with van der Waals surface area (Å²) < 4.78 is 27.6. The minimum absolute atomic E-state index is 0.0710. The molecule has 1 unspecified atom stereocenters. The van der Waals surface area contributed by atoms with Crippen molar-refractivity contribution < 1.29 is 18.8 Å². The van der Waals surface area contributed by atoms with Gasteiger partial charge in [0.2, 0.25) is 0 Å². The zero-order valence-corrected chi connectivity index (χ0v) is 22.2. The van der Waals surface area contributed by atoms with Crippen LogP contribution in [0.5, 0.6) is 0 Å². The fraction of sp³-hybridized carbons (Fsp3) is 0.355. The van der Waals surface area contributed by atoms with Gasteiger partial charge in [-0.3, -0.25) is 4.98 Å². The molecular weight excluding hydrogens is 481 g/mol. The lowest BCUT2D eigenvalue weighted by Gasteiger charge is -2.33. The molecule has 0 bridgehead atoms. The summed E-state index contributed by atoms with van der Waals surface area (Å²) in [6.45, 7) is 8.82. The van der Waals surface area contributed by atoms with E-state index >= 15 is 0 Å². The number of halogens is 1. The van der Waals surface area contributed by atoms with Crippen LogP contribution in [-0.4, -0.2) is 33.0 Å². The summed E-state index contributed by atoms with van der Waals surface area (Å²) in [5.41, 5.74) is 6.40. The minimum atomic E-state index is -1.01.